The Morgan fingerprint density at radius 2 is 2.00 bits per heavy atom. The van der Waals surface area contributed by atoms with Gasteiger partial charge in [-0.15, -0.1) is 0 Å². The molecule has 6 heteroatoms. The van der Waals surface area contributed by atoms with E-state index in [-0.39, 0.29) is 11.2 Å². The molecule has 0 fully saturated rings. The third kappa shape index (κ3) is 2.98. The first kappa shape index (κ1) is 13.3. The monoisotopic (exact) mass is 274 g/mol. The predicted molar refractivity (Wildman–Crippen MR) is 68.5 cm³/mol. The Kier molecular flexibility index (Phi) is 3.56. The Morgan fingerprint density at radius 3 is 2.67 bits per heavy atom. The van der Waals surface area contributed by atoms with Crippen molar-refractivity contribution in [3.8, 4) is 0 Å². The first-order valence-corrected chi connectivity index (χ1v) is 6.50. The smallest absolute Gasteiger partial charge is 0.182 e. The highest BCUT2D eigenvalue weighted by atomic mass is 32.2. The number of benzene rings is 1. The van der Waals surface area contributed by atoms with Crippen molar-refractivity contribution in [2.45, 2.75) is 25.8 Å². The fourth-order valence-corrected chi connectivity index (χ4v) is 2.88. The Morgan fingerprint density at radius 1 is 1.28 bits per heavy atom. The highest BCUT2D eigenvalue weighted by molar-refractivity contribution is 8.14. The van der Waals surface area contributed by atoms with Crippen LogP contribution in [-0.2, 0) is 0 Å². The van der Waals surface area contributed by atoms with Gasteiger partial charge in [-0.2, -0.15) is 0 Å². The van der Waals surface area contributed by atoms with E-state index >= 15 is 0 Å². The summed E-state index contributed by atoms with van der Waals surface area (Å²) in [6, 6.07) is 1.43. The summed E-state index contributed by atoms with van der Waals surface area (Å²) in [5, 5.41) is 3.13. The average Bonchev–Trinajstić information content (AvgIpc) is 2.24. The molecule has 0 radical (unpaired) electrons. The van der Waals surface area contributed by atoms with Crippen LogP contribution in [0.1, 0.15) is 20.3 Å². The molecule has 1 N–H and O–H groups in total. The van der Waals surface area contributed by atoms with E-state index in [9.17, 15) is 13.2 Å². The van der Waals surface area contributed by atoms with Crippen LogP contribution in [0.15, 0.2) is 17.1 Å². The van der Waals surface area contributed by atoms with Crippen molar-refractivity contribution in [3.05, 3.63) is 29.6 Å². The lowest BCUT2D eigenvalue weighted by atomic mass is 10.0. The molecular formula is C12H13F3N2S. The Balaban J connectivity index is 2.27. The minimum absolute atomic E-state index is 0.226. The summed E-state index contributed by atoms with van der Waals surface area (Å²) in [6.45, 7) is 3.91. The maximum absolute atomic E-state index is 13.5. The minimum Gasteiger partial charge on any atom is -0.332 e. The topological polar surface area (TPSA) is 24.4 Å². The molecule has 0 bridgehead atoms. The van der Waals surface area contributed by atoms with Gasteiger partial charge in [0, 0.05) is 17.9 Å². The van der Waals surface area contributed by atoms with Crippen molar-refractivity contribution < 1.29 is 13.2 Å². The van der Waals surface area contributed by atoms with Crippen molar-refractivity contribution in [3.63, 3.8) is 0 Å². The molecule has 0 saturated carbocycles. The Bertz CT molecular complexity index is 500. The largest absolute Gasteiger partial charge is 0.332 e. The van der Waals surface area contributed by atoms with Crippen molar-refractivity contribution in [1.29, 1.82) is 0 Å². The third-order valence-electron chi connectivity index (χ3n) is 2.59. The van der Waals surface area contributed by atoms with Crippen molar-refractivity contribution in [2.75, 3.05) is 11.1 Å². The normalized spacial score (nSPS) is 18.4. The van der Waals surface area contributed by atoms with Gasteiger partial charge in [0.1, 0.15) is 5.82 Å². The van der Waals surface area contributed by atoms with Gasteiger partial charge in [0.05, 0.1) is 11.2 Å². The summed E-state index contributed by atoms with van der Waals surface area (Å²) in [4.78, 5) is 4.37. The molecule has 98 valence electrons. The summed E-state index contributed by atoms with van der Waals surface area (Å²) in [7, 11) is 0. The molecule has 1 aromatic carbocycles. The van der Waals surface area contributed by atoms with Crippen LogP contribution in [0.25, 0.3) is 0 Å². The maximum Gasteiger partial charge on any atom is 0.182 e. The van der Waals surface area contributed by atoms with E-state index in [1.807, 2.05) is 13.8 Å². The highest BCUT2D eigenvalue weighted by Gasteiger charge is 2.23. The summed E-state index contributed by atoms with van der Waals surface area (Å²) < 4.78 is 39.5. The molecule has 0 saturated heterocycles. The molecule has 0 unspecified atom stereocenters. The lowest BCUT2D eigenvalue weighted by molar-refractivity contribution is 0.497. The number of halogens is 3. The first-order valence-electron chi connectivity index (χ1n) is 5.52. The van der Waals surface area contributed by atoms with E-state index in [1.54, 1.807) is 0 Å². The van der Waals surface area contributed by atoms with Crippen LogP contribution in [0, 0.1) is 17.5 Å². The first-order chi connectivity index (χ1) is 8.37. The second-order valence-corrected chi connectivity index (χ2v) is 5.79. The second-order valence-electron chi connectivity index (χ2n) is 4.70. The number of rotatable bonds is 1. The van der Waals surface area contributed by atoms with Gasteiger partial charge in [0.25, 0.3) is 0 Å². The van der Waals surface area contributed by atoms with Gasteiger partial charge in [0.2, 0.25) is 0 Å². The zero-order valence-electron chi connectivity index (χ0n) is 10.1. The number of amidine groups is 1. The van der Waals surface area contributed by atoms with Gasteiger partial charge in [-0.05, 0) is 20.3 Å². The van der Waals surface area contributed by atoms with Crippen LogP contribution < -0.4 is 5.32 Å². The summed E-state index contributed by atoms with van der Waals surface area (Å²) in [5.41, 5.74) is -0.466. The molecular weight excluding hydrogens is 261 g/mol. The van der Waals surface area contributed by atoms with E-state index in [0.29, 0.717) is 11.2 Å². The number of hydrogen-bond acceptors (Lipinski definition) is 3. The van der Waals surface area contributed by atoms with Crippen molar-refractivity contribution in [1.82, 2.24) is 0 Å². The molecule has 1 aromatic rings. The molecule has 0 amide bonds. The van der Waals surface area contributed by atoms with Crippen LogP contribution in [0.3, 0.4) is 0 Å². The fraction of sp³-hybridized carbons (Fsp3) is 0.417. The Hall–Kier alpha value is -1.17. The number of nitrogens with zero attached hydrogens (tertiary/aromatic N) is 1. The van der Waals surface area contributed by atoms with Gasteiger partial charge < -0.3 is 5.32 Å². The molecule has 1 aliphatic heterocycles. The third-order valence-corrected chi connectivity index (χ3v) is 3.47. The maximum atomic E-state index is 13.5. The number of anilines is 1. The van der Waals surface area contributed by atoms with Crippen LogP contribution in [0.4, 0.5) is 18.9 Å². The minimum atomic E-state index is -1.21. The standard InChI is InChI=1S/C12H13F3N2S/c1-12(2)3-4-18-11(17-12)16-9-6-7(13)5-8(14)10(9)15/h5-6H,3-4H2,1-2H3,(H,16,17). The zero-order valence-corrected chi connectivity index (χ0v) is 10.9. The van der Waals surface area contributed by atoms with E-state index < -0.39 is 17.5 Å². The number of nitrogens with one attached hydrogen (secondary N) is 1. The van der Waals surface area contributed by atoms with Crippen LogP contribution in [-0.4, -0.2) is 16.5 Å². The molecule has 0 aromatic heterocycles. The molecule has 2 rings (SSSR count). The van der Waals surface area contributed by atoms with Crippen LogP contribution in [0.5, 0.6) is 0 Å². The SMILES string of the molecule is CC1(C)CCSC(Nc2cc(F)cc(F)c2F)=N1. The lowest BCUT2D eigenvalue weighted by Gasteiger charge is -2.26. The molecule has 1 aliphatic rings. The highest BCUT2D eigenvalue weighted by Crippen LogP contribution is 2.28. The average molecular weight is 274 g/mol. The molecule has 18 heavy (non-hydrogen) atoms. The predicted octanol–water partition coefficient (Wildman–Crippen LogP) is 3.79. The Labute approximate surface area is 108 Å². The molecule has 1 heterocycles. The number of aliphatic imine (C=N–C) groups is 1. The quantitative estimate of drug-likeness (QED) is 0.788. The number of hydrogen-bond donors (Lipinski definition) is 1. The van der Waals surface area contributed by atoms with Crippen LogP contribution >= 0.6 is 11.8 Å². The van der Waals surface area contributed by atoms with Gasteiger partial charge in [-0.25, -0.2) is 13.2 Å². The van der Waals surface area contributed by atoms with Crippen LogP contribution in [0.2, 0.25) is 0 Å². The summed E-state index contributed by atoms with van der Waals surface area (Å²) >= 11 is 1.41. The number of thioether (sulfide) groups is 1. The van der Waals surface area contributed by atoms with Crippen molar-refractivity contribution >= 4 is 22.6 Å². The molecule has 2 nitrogen and oxygen atoms in total. The van der Waals surface area contributed by atoms with Gasteiger partial charge >= 0.3 is 0 Å². The molecule has 0 aliphatic carbocycles. The summed E-state index contributed by atoms with van der Waals surface area (Å²) in [5.74, 6) is -2.29. The van der Waals surface area contributed by atoms with E-state index in [2.05, 4.69) is 10.3 Å². The van der Waals surface area contributed by atoms with Gasteiger partial charge in [-0.1, -0.05) is 11.8 Å². The lowest BCUT2D eigenvalue weighted by Crippen LogP contribution is -2.27. The van der Waals surface area contributed by atoms with Crippen molar-refractivity contribution in [2.24, 2.45) is 4.99 Å². The van der Waals surface area contributed by atoms with E-state index in [4.69, 9.17) is 0 Å². The van der Waals surface area contributed by atoms with Gasteiger partial charge in [-0.3, -0.25) is 4.99 Å². The second kappa shape index (κ2) is 4.84. The summed E-state index contributed by atoms with van der Waals surface area (Å²) in [6.07, 6.45) is 0.906. The van der Waals surface area contributed by atoms with E-state index in [0.717, 1.165) is 18.2 Å². The molecule has 0 spiro atoms. The molecule has 0 atom stereocenters. The van der Waals surface area contributed by atoms with E-state index in [1.165, 1.54) is 11.8 Å². The van der Waals surface area contributed by atoms with Gasteiger partial charge in [0.15, 0.2) is 16.8 Å². The fourth-order valence-electron chi connectivity index (χ4n) is 1.59. The zero-order chi connectivity index (χ0) is 13.3.